The minimum absolute atomic E-state index is 0.0299. The van der Waals surface area contributed by atoms with Gasteiger partial charge in [0.15, 0.2) is 0 Å². The Kier molecular flexibility index (Phi) is 6.02. The molecule has 0 aliphatic carbocycles. The van der Waals surface area contributed by atoms with Crippen LogP contribution >= 0.6 is 0 Å². The van der Waals surface area contributed by atoms with Crippen LogP contribution in [-0.4, -0.2) is 45.7 Å². The van der Waals surface area contributed by atoms with E-state index >= 15 is 0 Å². The molecule has 5 nitrogen and oxygen atoms in total. The monoisotopic (exact) mass is 370 g/mol. The van der Waals surface area contributed by atoms with Gasteiger partial charge in [0.05, 0.1) is 6.61 Å². The molecule has 0 amide bonds. The van der Waals surface area contributed by atoms with Crippen LogP contribution in [0.1, 0.15) is 50.7 Å². The molecule has 3 rings (SSSR count). The first-order chi connectivity index (χ1) is 12.9. The Labute approximate surface area is 163 Å². The van der Waals surface area contributed by atoms with Crippen molar-refractivity contribution in [1.82, 2.24) is 19.4 Å². The highest BCUT2D eigenvalue weighted by Gasteiger charge is 2.43. The Morgan fingerprint density at radius 2 is 2.07 bits per heavy atom. The van der Waals surface area contributed by atoms with Gasteiger partial charge in [0.25, 0.3) is 0 Å². The van der Waals surface area contributed by atoms with Gasteiger partial charge in [0.1, 0.15) is 5.82 Å². The van der Waals surface area contributed by atoms with Crippen LogP contribution in [0, 0.1) is 12.3 Å². The number of aromatic nitrogens is 3. The SMILES string of the molecule is CCOCC1(CCc2nccn2C)CCN(C(C)(C)c2ccc(C)nc2)C1. The van der Waals surface area contributed by atoms with E-state index in [1.54, 1.807) is 0 Å². The van der Waals surface area contributed by atoms with Crippen molar-refractivity contribution in [3.05, 3.63) is 47.8 Å². The summed E-state index contributed by atoms with van der Waals surface area (Å²) in [4.78, 5) is 11.6. The average molecular weight is 371 g/mol. The molecule has 1 unspecified atom stereocenters. The van der Waals surface area contributed by atoms with Crippen molar-refractivity contribution in [3.63, 3.8) is 0 Å². The van der Waals surface area contributed by atoms with Crippen molar-refractivity contribution in [2.45, 2.75) is 52.5 Å². The largest absolute Gasteiger partial charge is 0.381 e. The van der Waals surface area contributed by atoms with E-state index in [0.717, 1.165) is 50.7 Å². The van der Waals surface area contributed by atoms with E-state index in [1.165, 1.54) is 12.0 Å². The lowest BCUT2D eigenvalue weighted by Crippen LogP contribution is -2.42. The van der Waals surface area contributed by atoms with Gasteiger partial charge in [-0.1, -0.05) is 6.07 Å². The number of hydrogen-bond acceptors (Lipinski definition) is 4. The molecular weight excluding hydrogens is 336 g/mol. The Morgan fingerprint density at radius 3 is 2.70 bits per heavy atom. The molecule has 0 aromatic carbocycles. The normalized spacial score (nSPS) is 21.1. The maximum Gasteiger partial charge on any atom is 0.108 e. The number of likely N-dealkylation sites (tertiary alicyclic amines) is 1. The van der Waals surface area contributed by atoms with Gasteiger partial charge in [0.2, 0.25) is 0 Å². The minimum Gasteiger partial charge on any atom is -0.381 e. The van der Waals surface area contributed by atoms with Crippen LogP contribution in [0.15, 0.2) is 30.7 Å². The first-order valence-corrected chi connectivity index (χ1v) is 10.1. The maximum absolute atomic E-state index is 5.94. The van der Waals surface area contributed by atoms with Crippen LogP contribution in [0.4, 0.5) is 0 Å². The molecule has 1 atom stereocenters. The van der Waals surface area contributed by atoms with Crippen LogP contribution < -0.4 is 0 Å². The molecule has 0 saturated carbocycles. The summed E-state index contributed by atoms with van der Waals surface area (Å²) < 4.78 is 8.07. The maximum atomic E-state index is 5.94. The highest BCUT2D eigenvalue weighted by atomic mass is 16.5. The second kappa shape index (κ2) is 8.11. The molecule has 1 aliphatic heterocycles. The molecule has 1 aliphatic rings. The Bertz CT molecular complexity index is 737. The van der Waals surface area contributed by atoms with E-state index in [0.29, 0.717) is 0 Å². The van der Waals surface area contributed by atoms with Gasteiger partial charge in [-0.25, -0.2) is 4.98 Å². The number of nitrogens with zero attached hydrogens (tertiary/aromatic N) is 4. The number of pyridine rings is 1. The molecule has 2 aromatic rings. The molecule has 27 heavy (non-hydrogen) atoms. The number of aryl methyl sites for hydroxylation is 3. The van der Waals surface area contributed by atoms with Crippen LogP contribution in [0.5, 0.6) is 0 Å². The Balaban J connectivity index is 1.74. The lowest BCUT2D eigenvalue weighted by atomic mass is 9.82. The van der Waals surface area contributed by atoms with Gasteiger partial charge in [-0.2, -0.15) is 0 Å². The predicted octanol–water partition coefficient (Wildman–Crippen LogP) is 3.72. The van der Waals surface area contributed by atoms with E-state index in [-0.39, 0.29) is 11.0 Å². The quantitative estimate of drug-likeness (QED) is 0.710. The molecule has 5 heteroatoms. The summed E-state index contributed by atoms with van der Waals surface area (Å²) in [5.41, 5.74) is 2.51. The molecule has 0 N–H and O–H groups in total. The van der Waals surface area contributed by atoms with Crippen molar-refractivity contribution in [1.29, 1.82) is 0 Å². The molecule has 148 valence electrons. The Hall–Kier alpha value is -1.72. The van der Waals surface area contributed by atoms with Gasteiger partial charge >= 0.3 is 0 Å². The van der Waals surface area contributed by atoms with Crippen LogP contribution in [0.25, 0.3) is 0 Å². The molecule has 0 radical (unpaired) electrons. The second-order valence-electron chi connectivity index (χ2n) is 8.51. The molecule has 1 fully saturated rings. The first kappa shape index (κ1) is 20.0. The molecule has 0 spiro atoms. The van der Waals surface area contributed by atoms with Gasteiger partial charge < -0.3 is 9.30 Å². The zero-order valence-electron chi connectivity index (χ0n) is 17.5. The average Bonchev–Trinajstić information content (AvgIpc) is 3.26. The van der Waals surface area contributed by atoms with E-state index in [9.17, 15) is 0 Å². The third-order valence-corrected chi connectivity index (χ3v) is 6.26. The highest BCUT2D eigenvalue weighted by Crippen LogP contribution is 2.41. The summed E-state index contributed by atoms with van der Waals surface area (Å²) in [6.07, 6.45) is 9.22. The molecule has 2 aromatic heterocycles. The van der Waals surface area contributed by atoms with Gasteiger partial charge in [0, 0.05) is 61.9 Å². The molecule has 3 heterocycles. The van der Waals surface area contributed by atoms with Crippen molar-refractivity contribution in [3.8, 4) is 0 Å². The van der Waals surface area contributed by atoms with Gasteiger partial charge in [-0.3, -0.25) is 9.88 Å². The van der Waals surface area contributed by atoms with Crippen molar-refractivity contribution in [2.24, 2.45) is 12.5 Å². The van der Waals surface area contributed by atoms with Gasteiger partial charge in [-0.15, -0.1) is 0 Å². The summed E-state index contributed by atoms with van der Waals surface area (Å²) in [5, 5.41) is 0. The number of ether oxygens (including phenoxy) is 1. The predicted molar refractivity (Wildman–Crippen MR) is 109 cm³/mol. The van der Waals surface area contributed by atoms with Crippen molar-refractivity contribution < 1.29 is 4.74 Å². The number of imidazole rings is 1. The molecule has 0 bridgehead atoms. The molecular formula is C22H34N4O. The summed E-state index contributed by atoms with van der Waals surface area (Å²) in [6, 6.07) is 4.33. The lowest BCUT2D eigenvalue weighted by molar-refractivity contribution is 0.0381. The third kappa shape index (κ3) is 4.41. The molecule has 1 saturated heterocycles. The smallest absolute Gasteiger partial charge is 0.108 e. The van der Waals surface area contributed by atoms with E-state index in [4.69, 9.17) is 4.74 Å². The summed E-state index contributed by atoms with van der Waals surface area (Å²) in [6.45, 7) is 12.5. The first-order valence-electron chi connectivity index (χ1n) is 10.1. The second-order valence-corrected chi connectivity index (χ2v) is 8.51. The van der Waals surface area contributed by atoms with Crippen molar-refractivity contribution in [2.75, 3.05) is 26.3 Å². The van der Waals surface area contributed by atoms with Crippen LogP contribution in [0.3, 0.4) is 0 Å². The fraction of sp³-hybridized carbons (Fsp3) is 0.636. The summed E-state index contributed by atoms with van der Waals surface area (Å²) in [5.74, 6) is 1.16. The zero-order chi connectivity index (χ0) is 19.5. The topological polar surface area (TPSA) is 43.2 Å². The number of rotatable bonds is 8. The highest BCUT2D eigenvalue weighted by molar-refractivity contribution is 5.22. The van der Waals surface area contributed by atoms with Gasteiger partial charge in [-0.05, 0) is 58.7 Å². The van der Waals surface area contributed by atoms with E-state index in [1.807, 2.05) is 25.5 Å². The third-order valence-electron chi connectivity index (χ3n) is 6.26. The summed E-state index contributed by atoms with van der Waals surface area (Å²) in [7, 11) is 2.08. The minimum atomic E-state index is -0.0299. The zero-order valence-corrected chi connectivity index (χ0v) is 17.5. The Morgan fingerprint density at radius 1 is 1.26 bits per heavy atom. The van der Waals surface area contributed by atoms with E-state index < -0.39 is 0 Å². The standard InChI is InChI=1S/C22H34N4O/c1-6-27-17-22(10-9-20-23-12-14-25(20)5)11-13-26(16-22)21(3,4)19-8-7-18(2)24-15-19/h7-8,12,14-15H,6,9-11,13,16-17H2,1-5H3. The van der Waals surface area contributed by atoms with Crippen LogP contribution in [0.2, 0.25) is 0 Å². The summed E-state index contributed by atoms with van der Waals surface area (Å²) >= 11 is 0. The van der Waals surface area contributed by atoms with E-state index in [2.05, 4.69) is 59.4 Å². The number of hydrogen-bond donors (Lipinski definition) is 0. The van der Waals surface area contributed by atoms with Crippen LogP contribution in [-0.2, 0) is 23.7 Å². The fourth-order valence-electron chi connectivity index (χ4n) is 4.15. The fourth-order valence-corrected chi connectivity index (χ4v) is 4.15. The van der Waals surface area contributed by atoms with Crippen molar-refractivity contribution >= 4 is 0 Å². The lowest BCUT2D eigenvalue weighted by Gasteiger charge is -2.38.